The van der Waals surface area contributed by atoms with Crippen LogP contribution in [0.4, 0.5) is 0 Å². The first-order valence-corrected chi connectivity index (χ1v) is 6.65. The third-order valence-corrected chi connectivity index (χ3v) is 3.51. The van der Waals surface area contributed by atoms with Gasteiger partial charge in [-0.2, -0.15) is 0 Å². The van der Waals surface area contributed by atoms with Crippen molar-refractivity contribution in [3.05, 3.63) is 23.8 Å². The Morgan fingerprint density at radius 3 is 2.59 bits per heavy atom. The number of hydrogen-bond donors (Lipinski definition) is 0. The molecule has 17 heavy (non-hydrogen) atoms. The smallest absolute Gasteiger partial charge is 0.222 e. The Hall–Kier alpha value is -1.09. The van der Waals surface area contributed by atoms with Gasteiger partial charge in [0, 0.05) is 39.1 Å². The summed E-state index contributed by atoms with van der Waals surface area (Å²) in [7, 11) is 0. The molecule has 0 spiro atoms. The molecular formula is C14H22N2O. The molecule has 1 heterocycles. The van der Waals surface area contributed by atoms with E-state index in [0.717, 1.165) is 32.7 Å². The van der Waals surface area contributed by atoms with E-state index in [1.165, 1.54) is 18.4 Å². The van der Waals surface area contributed by atoms with Gasteiger partial charge in [-0.1, -0.05) is 25.2 Å². The fourth-order valence-electron chi connectivity index (χ4n) is 2.42. The molecule has 0 aromatic carbocycles. The van der Waals surface area contributed by atoms with Gasteiger partial charge in [-0.15, -0.1) is 0 Å². The first-order chi connectivity index (χ1) is 8.29. The number of amides is 1. The summed E-state index contributed by atoms with van der Waals surface area (Å²) in [6.45, 7) is 6.79. The average Bonchev–Trinajstić information content (AvgIpc) is 2.40. The van der Waals surface area contributed by atoms with E-state index in [1.807, 2.05) is 11.8 Å². The van der Waals surface area contributed by atoms with Crippen LogP contribution in [0.3, 0.4) is 0 Å². The molecule has 1 aliphatic carbocycles. The van der Waals surface area contributed by atoms with E-state index in [-0.39, 0.29) is 0 Å². The monoisotopic (exact) mass is 234 g/mol. The maximum atomic E-state index is 11.5. The minimum absolute atomic E-state index is 0.293. The van der Waals surface area contributed by atoms with Gasteiger partial charge in [0.1, 0.15) is 0 Å². The van der Waals surface area contributed by atoms with Crippen LogP contribution in [0.1, 0.15) is 26.2 Å². The highest BCUT2D eigenvalue weighted by Crippen LogP contribution is 2.12. The summed E-state index contributed by atoms with van der Waals surface area (Å²) in [6.07, 6.45) is 9.83. The predicted molar refractivity (Wildman–Crippen MR) is 69.8 cm³/mol. The number of piperazine rings is 1. The SMILES string of the molecule is CCC(=O)N1CCN(CC2=CCCC=C2)CC1. The average molecular weight is 234 g/mol. The molecule has 0 N–H and O–H groups in total. The van der Waals surface area contributed by atoms with E-state index in [9.17, 15) is 4.79 Å². The van der Waals surface area contributed by atoms with E-state index < -0.39 is 0 Å². The minimum atomic E-state index is 0.293. The molecule has 94 valence electrons. The summed E-state index contributed by atoms with van der Waals surface area (Å²) < 4.78 is 0. The van der Waals surface area contributed by atoms with Gasteiger partial charge in [-0.25, -0.2) is 0 Å². The van der Waals surface area contributed by atoms with E-state index in [2.05, 4.69) is 23.1 Å². The highest BCUT2D eigenvalue weighted by Gasteiger charge is 2.19. The Balaban J connectivity index is 1.77. The zero-order chi connectivity index (χ0) is 12.1. The second-order valence-corrected chi connectivity index (χ2v) is 4.77. The summed E-state index contributed by atoms with van der Waals surface area (Å²) in [5, 5.41) is 0. The van der Waals surface area contributed by atoms with Gasteiger partial charge >= 0.3 is 0 Å². The van der Waals surface area contributed by atoms with Gasteiger partial charge in [0.05, 0.1) is 0 Å². The maximum absolute atomic E-state index is 11.5. The van der Waals surface area contributed by atoms with Crippen molar-refractivity contribution < 1.29 is 4.79 Å². The lowest BCUT2D eigenvalue weighted by molar-refractivity contribution is -0.132. The van der Waals surface area contributed by atoms with Gasteiger partial charge in [0.15, 0.2) is 0 Å². The van der Waals surface area contributed by atoms with Crippen molar-refractivity contribution in [2.75, 3.05) is 32.7 Å². The molecular weight excluding hydrogens is 212 g/mol. The molecule has 0 aromatic heterocycles. The molecule has 1 aliphatic heterocycles. The quantitative estimate of drug-likeness (QED) is 0.743. The molecule has 2 aliphatic rings. The van der Waals surface area contributed by atoms with Crippen molar-refractivity contribution in [1.82, 2.24) is 9.80 Å². The van der Waals surface area contributed by atoms with Gasteiger partial charge < -0.3 is 4.90 Å². The molecule has 0 aromatic rings. The van der Waals surface area contributed by atoms with E-state index in [4.69, 9.17) is 0 Å². The Bertz CT molecular complexity index is 325. The van der Waals surface area contributed by atoms with Gasteiger partial charge in [-0.05, 0) is 18.4 Å². The molecule has 0 unspecified atom stereocenters. The molecule has 2 rings (SSSR count). The summed E-state index contributed by atoms with van der Waals surface area (Å²) in [5.74, 6) is 0.293. The molecule has 1 fully saturated rings. The zero-order valence-corrected chi connectivity index (χ0v) is 10.7. The van der Waals surface area contributed by atoms with Crippen LogP contribution in [-0.4, -0.2) is 48.4 Å². The van der Waals surface area contributed by atoms with Gasteiger partial charge in [-0.3, -0.25) is 9.69 Å². The van der Waals surface area contributed by atoms with Crippen LogP contribution in [0.5, 0.6) is 0 Å². The van der Waals surface area contributed by atoms with Crippen LogP contribution in [0.2, 0.25) is 0 Å². The number of nitrogens with zero attached hydrogens (tertiary/aromatic N) is 2. The van der Waals surface area contributed by atoms with E-state index in [1.54, 1.807) is 0 Å². The summed E-state index contributed by atoms with van der Waals surface area (Å²) in [4.78, 5) is 16.0. The number of carbonyl (C=O) groups excluding carboxylic acids is 1. The Morgan fingerprint density at radius 2 is 2.00 bits per heavy atom. The van der Waals surface area contributed by atoms with Crippen molar-refractivity contribution in [2.24, 2.45) is 0 Å². The molecule has 3 heteroatoms. The zero-order valence-electron chi connectivity index (χ0n) is 10.7. The number of rotatable bonds is 3. The molecule has 1 amide bonds. The third-order valence-electron chi connectivity index (χ3n) is 3.51. The highest BCUT2D eigenvalue weighted by molar-refractivity contribution is 5.75. The first kappa shape index (κ1) is 12.4. The van der Waals surface area contributed by atoms with Crippen molar-refractivity contribution in [3.8, 4) is 0 Å². The highest BCUT2D eigenvalue weighted by atomic mass is 16.2. The van der Waals surface area contributed by atoms with Crippen LogP contribution >= 0.6 is 0 Å². The number of carbonyl (C=O) groups is 1. The fourth-order valence-corrected chi connectivity index (χ4v) is 2.42. The minimum Gasteiger partial charge on any atom is -0.340 e. The van der Waals surface area contributed by atoms with Crippen LogP contribution in [0.25, 0.3) is 0 Å². The molecule has 0 saturated carbocycles. The Kier molecular flexibility index (Phi) is 4.37. The predicted octanol–water partition coefficient (Wildman–Crippen LogP) is 1.82. The maximum Gasteiger partial charge on any atom is 0.222 e. The van der Waals surface area contributed by atoms with Gasteiger partial charge in [0.25, 0.3) is 0 Å². The molecule has 0 radical (unpaired) electrons. The van der Waals surface area contributed by atoms with Crippen molar-refractivity contribution in [2.45, 2.75) is 26.2 Å². The van der Waals surface area contributed by atoms with Crippen LogP contribution in [-0.2, 0) is 4.79 Å². The van der Waals surface area contributed by atoms with Crippen LogP contribution < -0.4 is 0 Å². The lowest BCUT2D eigenvalue weighted by Gasteiger charge is -2.35. The molecule has 1 saturated heterocycles. The topological polar surface area (TPSA) is 23.6 Å². The second-order valence-electron chi connectivity index (χ2n) is 4.77. The van der Waals surface area contributed by atoms with Crippen molar-refractivity contribution in [1.29, 1.82) is 0 Å². The number of allylic oxidation sites excluding steroid dienone is 2. The summed E-state index contributed by atoms with van der Waals surface area (Å²) >= 11 is 0. The summed E-state index contributed by atoms with van der Waals surface area (Å²) in [5.41, 5.74) is 1.44. The van der Waals surface area contributed by atoms with Crippen LogP contribution in [0.15, 0.2) is 23.8 Å². The standard InChI is InChI=1S/C14H22N2O/c1-2-14(17)16-10-8-15(9-11-16)12-13-6-4-3-5-7-13/h4,6-7H,2-3,5,8-12H2,1H3. The Labute approximate surface area is 104 Å². The largest absolute Gasteiger partial charge is 0.340 e. The number of hydrogen-bond acceptors (Lipinski definition) is 2. The molecule has 0 bridgehead atoms. The van der Waals surface area contributed by atoms with Crippen LogP contribution in [0, 0.1) is 0 Å². The van der Waals surface area contributed by atoms with Crippen molar-refractivity contribution in [3.63, 3.8) is 0 Å². The normalized spacial score (nSPS) is 21.5. The third kappa shape index (κ3) is 3.43. The second kappa shape index (κ2) is 6.01. The van der Waals surface area contributed by atoms with E-state index >= 15 is 0 Å². The Morgan fingerprint density at radius 1 is 1.24 bits per heavy atom. The fraction of sp³-hybridized carbons (Fsp3) is 0.643. The van der Waals surface area contributed by atoms with E-state index in [0.29, 0.717) is 12.3 Å². The first-order valence-electron chi connectivity index (χ1n) is 6.65. The lowest BCUT2D eigenvalue weighted by Crippen LogP contribution is -2.48. The van der Waals surface area contributed by atoms with Crippen molar-refractivity contribution >= 4 is 5.91 Å². The summed E-state index contributed by atoms with van der Waals surface area (Å²) in [6, 6.07) is 0. The van der Waals surface area contributed by atoms with Gasteiger partial charge in [0.2, 0.25) is 5.91 Å². The lowest BCUT2D eigenvalue weighted by atomic mass is 10.1. The molecule has 3 nitrogen and oxygen atoms in total. The molecule has 0 atom stereocenters.